The number of para-hydroxylation sites is 1. The molecule has 0 aliphatic carbocycles. The van der Waals surface area contributed by atoms with Gasteiger partial charge in [-0.15, -0.1) is 0 Å². The minimum Gasteiger partial charge on any atom is -0.504 e. The molecule has 1 aliphatic heterocycles. The van der Waals surface area contributed by atoms with Crippen molar-refractivity contribution in [1.82, 2.24) is 15.3 Å². The maximum absolute atomic E-state index is 12.3. The topological polar surface area (TPSA) is 119 Å². The maximum atomic E-state index is 12.3. The van der Waals surface area contributed by atoms with Crippen LogP contribution in [0.5, 0.6) is 5.75 Å². The summed E-state index contributed by atoms with van der Waals surface area (Å²) in [4.78, 5) is 36.2. The summed E-state index contributed by atoms with van der Waals surface area (Å²) < 4.78 is 0. The minimum atomic E-state index is -1.17. The van der Waals surface area contributed by atoms with E-state index in [0.29, 0.717) is 23.9 Å². The molecule has 1 fully saturated rings. The van der Waals surface area contributed by atoms with Crippen LogP contribution < -0.4 is 15.1 Å². The number of benzene rings is 2. The number of hydrogen-bond acceptors (Lipinski definition) is 7. The second kappa shape index (κ2) is 11.1. The number of hydrogen-bond donors (Lipinski definition) is 3. The maximum Gasteiger partial charge on any atom is 0.322 e. The molecule has 188 valence electrons. The van der Waals surface area contributed by atoms with E-state index in [4.69, 9.17) is 5.11 Å². The molecule has 3 aromatic rings. The number of aliphatic carboxylic acids is 1. The van der Waals surface area contributed by atoms with E-state index < -0.39 is 18.4 Å². The lowest BCUT2D eigenvalue weighted by atomic mass is 9.92. The normalized spacial score (nSPS) is 13.9. The van der Waals surface area contributed by atoms with E-state index >= 15 is 0 Å². The molecule has 9 nitrogen and oxygen atoms in total. The van der Waals surface area contributed by atoms with E-state index in [-0.39, 0.29) is 11.4 Å². The number of amides is 1. The fourth-order valence-corrected chi connectivity index (χ4v) is 4.46. The number of carboxylic acids is 1. The first-order valence-electron chi connectivity index (χ1n) is 12.0. The van der Waals surface area contributed by atoms with Crippen molar-refractivity contribution in [3.05, 3.63) is 71.8 Å². The summed E-state index contributed by atoms with van der Waals surface area (Å²) in [6.45, 7) is 2.87. The highest BCUT2D eigenvalue weighted by Crippen LogP contribution is 2.29. The molecule has 2 heterocycles. The van der Waals surface area contributed by atoms with Crippen molar-refractivity contribution in [2.75, 3.05) is 36.5 Å². The number of nitrogens with zero attached hydrogens (tertiary/aromatic N) is 4. The zero-order valence-electron chi connectivity index (χ0n) is 20.5. The summed E-state index contributed by atoms with van der Waals surface area (Å²) in [7, 11) is 2.06. The molecule has 0 radical (unpaired) electrons. The monoisotopic (exact) mass is 489 g/mol. The molecule has 9 heteroatoms. The molecule has 3 N–H and O–H groups in total. The summed E-state index contributed by atoms with van der Waals surface area (Å²) in [6, 6.07) is 18.8. The quantitative estimate of drug-likeness (QED) is 0.440. The van der Waals surface area contributed by atoms with Crippen molar-refractivity contribution in [2.45, 2.75) is 26.2 Å². The number of anilines is 3. The number of aryl methyl sites for hydroxylation is 1. The highest BCUT2D eigenvalue weighted by Gasteiger charge is 2.23. The molecule has 1 aromatic heterocycles. The number of nitrogens with one attached hydrogen (secondary N) is 1. The number of carbonyl (C=O) groups is 2. The Hall–Kier alpha value is -4.14. The van der Waals surface area contributed by atoms with E-state index in [1.807, 2.05) is 18.2 Å². The smallest absolute Gasteiger partial charge is 0.322 e. The Morgan fingerprint density at radius 3 is 2.31 bits per heavy atom. The van der Waals surface area contributed by atoms with Crippen LogP contribution in [0.15, 0.2) is 54.6 Å². The lowest BCUT2D eigenvalue weighted by Crippen LogP contribution is -2.34. The van der Waals surface area contributed by atoms with E-state index in [9.17, 15) is 14.7 Å². The number of aromatic hydroxyl groups is 1. The lowest BCUT2D eigenvalue weighted by molar-refractivity contribution is -0.135. The van der Waals surface area contributed by atoms with Gasteiger partial charge in [-0.1, -0.05) is 18.2 Å². The molecule has 2 aromatic carbocycles. The second-order valence-electron chi connectivity index (χ2n) is 9.04. The van der Waals surface area contributed by atoms with Gasteiger partial charge in [-0.3, -0.25) is 9.59 Å². The lowest BCUT2D eigenvalue weighted by Gasteiger charge is -2.33. The zero-order valence-corrected chi connectivity index (χ0v) is 20.5. The highest BCUT2D eigenvalue weighted by atomic mass is 16.4. The van der Waals surface area contributed by atoms with Gasteiger partial charge in [0.05, 0.1) is 5.69 Å². The van der Waals surface area contributed by atoms with Crippen LogP contribution in [0.4, 0.5) is 17.1 Å². The van der Waals surface area contributed by atoms with Crippen molar-refractivity contribution in [3.8, 4) is 5.75 Å². The van der Waals surface area contributed by atoms with Gasteiger partial charge in [-0.2, -0.15) is 0 Å². The Morgan fingerprint density at radius 1 is 1.03 bits per heavy atom. The molecule has 1 amide bonds. The predicted molar refractivity (Wildman–Crippen MR) is 138 cm³/mol. The first kappa shape index (κ1) is 25.0. The van der Waals surface area contributed by atoms with Gasteiger partial charge in [-0.25, -0.2) is 9.97 Å². The molecule has 0 atom stereocenters. The fourth-order valence-electron chi connectivity index (χ4n) is 4.46. The van der Waals surface area contributed by atoms with Gasteiger partial charge in [0.25, 0.3) is 5.91 Å². The third-order valence-corrected chi connectivity index (χ3v) is 6.55. The number of piperidine rings is 1. The average molecular weight is 490 g/mol. The second-order valence-corrected chi connectivity index (χ2v) is 9.04. The summed E-state index contributed by atoms with van der Waals surface area (Å²) in [5, 5.41) is 21.2. The van der Waals surface area contributed by atoms with Crippen LogP contribution in [-0.2, 0) is 11.2 Å². The Morgan fingerprint density at radius 2 is 1.67 bits per heavy atom. The Kier molecular flexibility index (Phi) is 7.68. The van der Waals surface area contributed by atoms with Gasteiger partial charge in [0.15, 0.2) is 11.4 Å². The van der Waals surface area contributed by atoms with Gasteiger partial charge < -0.3 is 25.3 Å². The summed E-state index contributed by atoms with van der Waals surface area (Å²) >= 11 is 0. The van der Waals surface area contributed by atoms with Crippen LogP contribution in [0.2, 0.25) is 0 Å². The molecular formula is C27H31N5O4. The molecule has 0 spiro atoms. The third kappa shape index (κ3) is 5.91. The van der Waals surface area contributed by atoms with Crippen LogP contribution in [0.25, 0.3) is 0 Å². The molecule has 1 aliphatic rings. The first-order valence-corrected chi connectivity index (χ1v) is 12.0. The van der Waals surface area contributed by atoms with Gasteiger partial charge in [0.1, 0.15) is 12.4 Å². The SMILES string of the molecule is Cc1nc(CC2CCN(c3ccc(N(C)c4ccccc4)cc3)CC2)nc(C(=O)NCC(=O)O)c1O. The van der Waals surface area contributed by atoms with E-state index in [2.05, 4.69) is 68.5 Å². The van der Waals surface area contributed by atoms with Crippen LogP contribution in [0, 0.1) is 12.8 Å². The van der Waals surface area contributed by atoms with Crippen molar-refractivity contribution in [2.24, 2.45) is 5.92 Å². The fraction of sp³-hybridized carbons (Fsp3) is 0.333. The van der Waals surface area contributed by atoms with Crippen molar-refractivity contribution in [3.63, 3.8) is 0 Å². The standard InChI is InChI=1S/C27H31N5O4/c1-18-26(35)25(27(36)28-17-24(33)34)30-23(29-18)16-19-12-14-32(15-13-19)22-10-8-21(9-11-22)31(2)20-6-4-3-5-7-20/h3-11,19,35H,12-17H2,1-2H3,(H,28,36)(H,33,34). The molecule has 0 bridgehead atoms. The van der Waals surface area contributed by atoms with Crippen molar-refractivity contribution in [1.29, 1.82) is 0 Å². The van der Waals surface area contributed by atoms with Crippen molar-refractivity contribution < 1.29 is 19.8 Å². The minimum absolute atomic E-state index is 0.184. The predicted octanol–water partition coefficient (Wildman–Crippen LogP) is 3.53. The molecule has 36 heavy (non-hydrogen) atoms. The molecule has 0 saturated carbocycles. The van der Waals surface area contributed by atoms with Crippen LogP contribution in [0.1, 0.15) is 34.8 Å². The first-order chi connectivity index (χ1) is 17.3. The van der Waals surface area contributed by atoms with Gasteiger partial charge >= 0.3 is 5.97 Å². The van der Waals surface area contributed by atoms with Crippen LogP contribution >= 0.6 is 0 Å². The molecule has 4 rings (SSSR count). The van der Waals surface area contributed by atoms with Gasteiger partial charge in [-0.05, 0) is 62.1 Å². The number of rotatable bonds is 8. The van der Waals surface area contributed by atoms with E-state index in [1.165, 1.54) is 5.69 Å². The largest absolute Gasteiger partial charge is 0.504 e. The van der Waals surface area contributed by atoms with E-state index in [1.54, 1.807) is 6.92 Å². The molecule has 1 saturated heterocycles. The third-order valence-electron chi connectivity index (χ3n) is 6.55. The number of aromatic nitrogens is 2. The summed E-state index contributed by atoms with van der Waals surface area (Å²) in [5.41, 5.74) is 3.58. The zero-order chi connectivity index (χ0) is 25.7. The van der Waals surface area contributed by atoms with Gasteiger partial charge in [0, 0.05) is 43.6 Å². The highest BCUT2D eigenvalue weighted by molar-refractivity contribution is 5.96. The summed E-state index contributed by atoms with van der Waals surface area (Å²) in [5.74, 6) is -1.38. The number of carboxylic acid groups (broad SMARTS) is 1. The van der Waals surface area contributed by atoms with E-state index in [0.717, 1.165) is 37.3 Å². The molecular weight excluding hydrogens is 458 g/mol. The average Bonchev–Trinajstić information content (AvgIpc) is 2.90. The van der Waals surface area contributed by atoms with Crippen LogP contribution in [0.3, 0.4) is 0 Å². The Labute approximate surface area is 210 Å². The summed E-state index contributed by atoms with van der Waals surface area (Å²) in [6.07, 6.45) is 2.50. The Balaban J connectivity index is 1.35. The Bertz CT molecular complexity index is 1210. The van der Waals surface area contributed by atoms with Crippen LogP contribution in [-0.4, -0.2) is 58.7 Å². The van der Waals surface area contributed by atoms with Crippen molar-refractivity contribution >= 4 is 28.9 Å². The molecule has 0 unspecified atom stereocenters. The van der Waals surface area contributed by atoms with Gasteiger partial charge in [0.2, 0.25) is 0 Å². The number of carbonyl (C=O) groups excluding carboxylic acids is 1.